The maximum Gasteiger partial charge on any atom is 0.256 e. The number of anilines is 2. The average molecular weight is 574 g/mol. The minimum atomic E-state index is -3.60. The number of carbonyl (C=O) groups is 1. The number of halogens is 1. The number of benzene rings is 1. The number of aliphatic imine (C=N–C) groups is 1. The molecule has 3 atom stereocenters. The second-order valence-corrected chi connectivity index (χ2v) is 12.4. The van der Waals surface area contributed by atoms with Crippen LogP contribution in [-0.2, 0) is 10.0 Å². The van der Waals surface area contributed by atoms with Gasteiger partial charge in [0.25, 0.3) is 5.91 Å². The Morgan fingerprint density at radius 1 is 1.26 bits per heavy atom. The Kier molecular flexibility index (Phi) is 7.53. The van der Waals surface area contributed by atoms with E-state index in [1.807, 2.05) is 19.2 Å². The number of aliphatic hydroxyl groups excluding tert-OH is 1. The number of nitrogens with zero attached hydrogens (tertiary/aromatic N) is 6. The Bertz CT molecular complexity index is 1540. The summed E-state index contributed by atoms with van der Waals surface area (Å²) in [6.07, 6.45) is 6.69. The van der Waals surface area contributed by atoms with Crippen molar-refractivity contribution in [3.8, 4) is 0 Å². The van der Waals surface area contributed by atoms with Crippen LogP contribution in [0.15, 0.2) is 35.5 Å². The Morgan fingerprint density at radius 3 is 2.79 bits per heavy atom. The fourth-order valence-electron chi connectivity index (χ4n) is 5.44. The molecule has 2 aliphatic heterocycles. The lowest BCUT2D eigenvalue weighted by atomic mass is 9.98. The number of carbonyl (C=O) groups excluding carboxylic acids is 1. The van der Waals surface area contributed by atoms with Crippen molar-refractivity contribution in [3.05, 3.63) is 52.3 Å². The highest BCUT2D eigenvalue weighted by Gasteiger charge is 2.34. The summed E-state index contributed by atoms with van der Waals surface area (Å²) in [5, 5.41) is 15.6. The first-order valence-corrected chi connectivity index (χ1v) is 15.1. The Morgan fingerprint density at radius 2 is 2.05 bits per heavy atom. The highest BCUT2D eigenvalue weighted by atomic mass is 35.5. The number of hydrogen-bond donors (Lipinski definition) is 2. The lowest BCUT2D eigenvalue weighted by molar-refractivity contribution is 0.0607. The molecule has 0 aliphatic carbocycles. The SMILES string of the molecule is CN=CC1CN(c2nc3cc(C4CCCCN4C(=O)c4cc(Cl)ccc4NS(C)(=O)=O)nn3cc2C)CC1O. The van der Waals surface area contributed by atoms with E-state index in [1.165, 1.54) is 12.1 Å². The van der Waals surface area contributed by atoms with E-state index >= 15 is 0 Å². The fraction of sp³-hybridized carbons (Fsp3) is 0.462. The first-order valence-electron chi connectivity index (χ1n) is 12.8. The molecular weight excluding hydrogens is 542 g/mol. The molecule has 1 aromatic carbocycles. The summed E-state index contributed by atoms with van der Waals surface area (Å²) in [7, 11) is -1.90. The minimum Gasteiger partial charge on any atom is -0.391 e. The van der Waals surface area contributed by atoms with Crippen molar-refractivity contribution in [2.45, 2.75) is 38.3 Å². The Labute approximate surface area is 232 Å². The molecule has 11 nitrogen and oxygen atoms in total. The molecule has 2 fully saturated rings. The second kappa shape index (κ2) is 10.7. The number of rotatable bonds is 6. The third-order valence-electron chi connectivity index (χ3n) is 7.21. The number of β-amino-alcohol motifs (C(OH)–C–C–N with tert-alkyl or cyclic N) is 1. The largest absolute Gasteiger partial charge is 0.391 e. The Hall–Kier alpha value is -3.22. The van der Waals surface area contributed by atoms with Gasteiger partial charge in [-0.05, 0) is 44.4 Å². The molecule has 0 bridgehead atoms. The van der Waals surface area contributed by atoms with Crippen molar-refractivity contribution in [2.24, 2.45) is 10.9 Å². The van der Waals surface area contributed by atoms with Crippen LogP contribution in [-0.4, -0.2) is 84.2 Å². The summed E-state index contributed by atoms with van der Waals surface area (Å²) in [6.45, 7) is 3.56. The maximum absolute atomic E-state index is 13.8. The molecule has 3 unspecified atom stereocenters. The summed E-state index contributed by atoms with van der Waals surface area (Å²) in [6, 6.07) is 6.13. The van der Waals surface area contributed by atoms with Gasteiger partial charge >= 0.3 is 0 Å². The number of piperidine rings is 1. The molecule has 0 saturated carbocycles. The molecular formula is C26H32ClN7O4S. The predicted molar refractivity (Wildman–Crippen MR) is 151 cm³/mol. The van der Waals surface area contributed by atoms with E-state index in [-0.39, 0.29) is 29.1 Å². The van der Waals surface area contributed by atoms with Crippen LogP contribution in [0, 0.1) is 12.8 Å². The molecule has 4 heterocycles. The zero-order chi connectivity index (χ0) is 27.9. The zero-order valence-corrected chi connectivity index (χ0v) is 23.7. The van der Waals surface area contributed by atoms with Gasteiger partial charge in [0.1, 0.15) is 5.82 Å². The first-order chi connectivity index (χ1) is 18.5. The summed E-state index contributed by atoms with van der Waals surface area (Å²) in [4.78, 5) is 26.5. The topological polar surface area (TPSA) is 132 Å². The minimum absolute atomic E-state index is 0.0525. The number of likely N-dealkylation sites (tertiary alicyclic amines) is 1. The molecule has 208 valence electrons. The van der Waals surface area contributed by atoms with E-state index in [2.05, 4.69) is 14.6 Å². The summed E-state index contributed by atoms with van der Waals surface area (Å²) < 4.78 is 28.0. The van der Waals surface area contributed by atoms with E-state index in [4.69, 9.17) is 21.7 Å². The van der Waals surface area contributed by atoms with Crippen LogP contribution in [0.5, 0.6) is 0 Å². The highest BCUT2D eigenvalue weighted by Crippen LogP contribution is 2.34. The van der Waals surface area contributed by atoms with Crippen LogP contribution in [0.25, 0.3) is 5.65 Å². The predicted octanol–water partition coefficient (Wildman–Crippen LogP) is 2.93. The quantitative estimate of drug-likeness (QED) is 0.433. The molecule has 2 saturated heterocycles. The molecule has 1 amide bonds. The van der Waals surface area contributed by atoms with Gasteiger partial charge in [-0.2, -0.15) is 5.10 Å². The third-order valence-corrected chi connectivity index (χ3v) is 8.04. The molecule has 3 aromatic rings. The monoisotopic (exact) mass is 573 g/mol. The molecule has 39 heavy (non-hydrogen) atoms. The van der Waals surface area contributed by atoms with Crippen LogP contribution in [0.2, 0.25) is 5.02 Å². The smallest absolute Gasteiger partial charge is 0.256 e. The third kappa shape index (κ3) is 5.73. The van der Waals surface area contributed by atoms with Crippen molar-refractivity contribution in [2.75, 3.05) is 42.6 Å². The molecule has 2 N–H and O–H groups in total. The van der Waals surface area contributed by atoms with Crippen LogP contribution < -0.4 is 9.62 Å². The van der Waals surface area contributed by atoms with Gasteiger partial charge in [0.15, 0.2) is 5.65 Å². The number of nitrogens with one attached hydrogen (secondary N) is 1. The lowest BCUT2D eigenvalue weighted by Crippen LogP contribution is -2.39. The van der Waals surface area contributed by atoms with Gasteiger partial charge in [-0.3, -0.25) is 9.52 Å². The van der Waals surface area contributed by atoms with Gasteiger partial charge in [-0.25, -0.2) is 17.9 Å². The molecule has 2 aromatic heterocycles. The maximum atomic E-state index is 13.8. The van der Waals surface area contributed by atoms with Crippen molar-refractivity contribution in [3.63, 3.8) is 0 Å². The van der Waals surface area contributed by atoms with Crippen LogP contribution in [0.3, 0.4) is 0 Å². The van der Waals surface area contributed by atoms with E-state index < -0.39 is 16.1 Å². The number of aromatic nitrogens is 3. The molecule has 5 rings (SSSR count). The van der Waals surface area contributed by atoms with E-state index in [1.54, 1.807) is 28.7 Å². The number of aryl methyl sites for hydroxylation is 1. The van der Waals surface area contributed by atoms with Gasteiger partial charge in [0.2, 0.25) is 10.0 Å². The second-order valence-electron chi connectivity index (χ2n) is 10.2. The fourth-order valence-corrected chi connectivity index (χ4v) is 6.19. The van der Waals surface area contributed by atoms with E-state index in [0.29, 0.717) is 42.4 Å². The van der Waals surface area contributed by atoms with Gasteiger partial charge in [0, 0.05) is 61.7 Å². The normalized spacial score (nSPS) is 22.2. The summed E-state index contributed by atoms with van der Waals surface area (Å²) in [5.74, 6) is 0.417. The van der Waals surface area contributed by atoms with Gasteiger partial charge < -0.3 is 19.9 Å². The molecule has 0 spiro atoms. The molecule has 2 aliphatic rings. The lowest BCUT2D eigenvalue weighted by Gasteiger charge is -2.35. The standard InChI is InChI=1S/C26H32ClN7O4S/c1-16-13-34-24(29-25(16)32-14-17(12-28-2)23(35)15-32)11-21(30-34)22-6-4-5-9-33(22)26(36)19-10-18(27)7-8-20(19)31-39(3,37)38/h7-8,10-13,17,22-23,31,35H,4-6,9,14-15H2,1-3H3. The van der Waals surface area contributed by atoms with Crippen molar-refractivity contribution < 1.29 is 18.3 Å². The number of fused-ring (bicyclic) bond motifs is 1. The molecule has 0 radical (unpaired) electrons. The number of aliphatic hydroxyl groups is 1. The van der Waals surface area contributed by atoms with E-state index in [0.717, 1.165) is 30.5 Å². The van der Waals surface area contributed by atoms with Crippen LogP contribution in [0.4, 0.5) is 11.5 Å². The van der Waals surface area contributed by atoms with Crippen molar-refractivity contribution in [1.29, 1.82) is 0 Å². The van der Waals surface area contributed by atoms with Gasteiger partial charge in [-0.1, -0.05) is 11.6 Å². The number of hydrogen-bond acceptors (Lipinski definition) is 8. The zero-order valence-electron chi connectivity index (χ0n) is 22.1. The highest BCUT2D eigenvalue weighted by molar-refractivity contribution is 7.92. The number of sulfonamides is 1. The summed E-state index contributed by atoms with van der Waals surface area (Å²) >= 11 is 6.20. The summed E-state index contributed by atoms with van der Waals surface area (Å²) in [5.41, 5.74) is 2.66. The van der Waals surface area contributed by atoms with Crippen molar-refractivity contribution >= 4 is 50.9 Å². The van der Waals surface area contributed by atoms with Crippen molar-refractivity contribution in [1.82, 2.24) is 19.5 Å². The Balaban J connectivity index is 1.47. The molecule has 13 heteroatoms. The van der Waals surface area contributed by atoms with Crippen LogP contribution >= 0.6 is 11.6 Å². The van der Waals surface area contributed by atoms with Crippen LogP contribution in [0.1, 0.15) is 46.9 Å². The average Bonchev–Trinajstić information content (AvgIpc) is 3.46. The first kappa shape index (κ1) is 27.4. The number of amides is 1. The van der Waals surface area contributed by atoms with Gasteiger partial charge in [0.05, 0.1) is 35.3 Å². The van der Waals surface area contributed by atoms with Gasteiger partial charge in [-0.15, -0.1) is 0 Å². The van der Waals surface area contributed by atoms with E-state index in [9.17, 15) is 18.3 Å².